The number of benzene rings is 1. The molecule has 33 heavy (non-hydrogen) atoms. The van der Waals surface area contributed by atoms with Crippen LogP contribution in [0.4, 0.5) is 26.1 Å². The van der Waals surface area contributed by atoms with Gasteiger partial charge < -0.3 is 26.8 Å². The van der Waals surface area contributed by atoms with E-state index in [0.29, 0.717) is 11.3 Å². The second-order valence-corrected chi connectivity index (χ2v) is 8.48. The molecule has 6 N–H and O–H groups in total. The first-order valence-electron chi connectivity index (χ1n) is 10.7. The van der Waals surface area contributed by atoms with Crippen LogP contribution in [0.5, 0.6) is 5.88 Å². The number of amides is 1. The lowest BCUT2D eigenvalue weighted by atomic mass is 10.0. The first-order valence-corrected chi connectivity index (χ1v) is 10.7. The Morgan fingerprint density at radius 1 is 1.27 bits per heavy atom. The van der Waals surface area contributed by atoms with Gasteiger partial charge in [0.05, 0.1) is 18.1 Å². The van der Waals surface area contributed by atoms with Crippen molar-refractivity contribution < 1.29 is 18.3 Å². The van der Waals surface area contributed by atoms with Crippen molar-refractivity contribution in [3.63, 3.8) is 0 Å². The molecule has 0 aliphatic heterocycles. The van der Waals surface area contributed by atoms with Gasteiger partial charge in [0.15, 0.2) is 17.5 Å². The Kier molecular flexibility index (Phi) is 6.07. The largest absolute Gasteiger partial charge is 0.479 e. The van der Waals surface area contributed by atoms with Crippen LogP contribution < -0.4 is 26.8 Å². The molecule has 2 atom stereocenters. The molecule has 1 aliphatic carbocycles. The Balaban J connectivity index is 1.71. The number of nitrogens with zero attached hydrogens (tertiary/aromatic N) is 3. The van der Waals surface area contributed by atoms with E-state index in [4.69, 9.17) is 16.2 Å². The molecule has 2 heterocycles. The number of pyridine rings is 1. The number of methoxy groups -OCH3 is 1. The van der Waals surface area contributed by atoms with E-state index in [1.807, 2.05) is 6.92 Å². The molecule has 0 bridgehead atoms. The van der Waals surface area contributed by atoms with E-state index in [2.05, 4.69) is 20.7 Å². The number of nitrogens with two attached hydrogens (primary N) is 2. The van der Waals surface area contributed by atoms with Gasteiger partial charge in [-0.1, -0.05) is 12.8 Å². The van der Waals surface area contributed by atoms with Crippen LogP contribution in [-0.4, -0.2) is 39.9 Å². The van der Waals surface area contributed by atoms with Crippen LogP contribution >= 0.6 is 0 Å². The van der Waals surface area contributed by atoms with E-state index in [1.54, 1.807) is 13.1 Å². The van der Waals surface area contributed by atoms with Crippen LogP contribution in [-0.2, 0) is 7.05 Å². The summed E-state index contributed by atoms with van der Waals surface area (Å²) in [6.07, 6.45) is 3.04. The molecule has 176 valence electrons. The first kappa shape index (κ1) is 22.7. The fourth-order valence-corrected chi connectivity index (χ4v) is 3.86. The van der Waals surface area contributed by atoms with Gasteiger partial charge in [0.1, 0.15) is 11.3 Å². The van der Waals surface area contributed by atoms with E-state index < -0.39 is 17.5 Å². The van der Waals surface area contributed by atoms with Crippen LogP contribution in [0.1, 0.15) is 36.5 Å². The van der Waals surface area contributed by atoms with Gasteiger partial charge in [-0.3, -0.25) is 9.48 Å². The van der Waals surface area contributed by atoms with Crippen LogP contribution in [0.15, 0.2) is 18.2 Å². The zero-order valence-corrected chi connectivity index (χ0v) is 18.7. The molecule has 2 aromatic heterocycles. The highest BCUT2D eigenvalue weighted by molar-refractivity contribution is 5.99. The second kappa shape index (κ2) is 8.81. The maximum Gasteiger partial charge on any atom is 0.252 e. The minimum Gasteiger partial charge on any atom is -0.479 e. The lowest BCUT2D eigenvalue weighted by Crippen LogP contribution is -2.39. The predicted molar refractivity (Wildman–Crippen MR) is 122 cm³/mol. The van der Waals surface area contributed by atoms with Gasteiger partial charge in [-0.05, 0) is 37.5 Å². The highest BCUT2D eigenvalue weighted by Crippen LogP contribution is 2.35. The summed E-state index contributed by atoms with van der Waals surface area (Å²) >= 11 is 0. The Morgan fingerprint density at radius 2 is 2.00 bits per heavy atom. The van der Waals surface area contributed by atoms with Gasteiger partial charge in [-0.2, -0.15) is 0 Å². The van der Waals surface area contributed by atoms with E-state index in [0.717, 1.165) is 25.3 Å². The molecule has 1 aromatic carbocycles. The molecule has 0 radical (unpaired) electrons. The third-order valence-electron chi connectivity index (χ3n) is 5.80. The topological polar surface area (TPSA) is 133 Å². The Labute approximate surface area is 189 Å². The van der Waals surface area contributed by atoms with Gasteiger partial charge >= 0.3 is 0 Å². The van der Waals surface area contributed by atoms with Crippen LogP contribution in [0, 0.1) is 17.6 Å². The molecule has 1 fully saturated rings. The molecule has 1 amide bonds. The van der Waals surface area contributed by atoms with Gasteiger partial charge in [-0.15, -0.1) is 5.10 Å². The fourth-order valence-electron chi connectivity index (χ4n) is 3.86. The standard InChI is InChI=1S/C22H27F2N7O2/c1-10(25)17(6-11-4-5-11)28-21-16(24)9-14(19(26)32)20(29-21)27-12-7-13-18(15(23)8-12)31(2)30-22(13)33-3/h7-11,17H,4-6,25H2,1-3H3,(H2,26,32)(H2,27,28,29)/t10-,17+/m0/s1. The van der Waals surface area contributed by atoms with Crippen molar-refractivity contribution in [3.05, 3.63) is 35.4 Å². The molecule has 0 spiro atoms. The van der Waals surface area contributed by atoms with Gasteiger partial charge in [0.2, 0.25) is 5.88 Å². The van der Waals surface area contributed by atoms with E-state index in [-0.39, 0.29) is 46.4 Å². The number of carbonyl (C=O) groups excluding carboxylic acids is 1. The lowest BCUT2D eigenvalue weighted by molar-refractivity contribution is 0.100. The third-order valence-corrected chi connectivity index (χ3v) is 5.80. The van der Waals surface area contributed by atoms with Crippen LogP contribution in [0.3, 0.4) is 0 Å². The van der Waals surface area contributed by atoms with E-state index >= 15 is 0 Å². The third kappa shape index (κ3) is 4.68. The molecule has 3 aromatic rings. The number of fused-ring (bicyclic) bond motifs is 1. The van der Waals surface area contributed by atoms with Crippen LogP contribution in [0.25, 0.3) is 10.9 Å². The SMILES string of the molecule is COc1nn(C)c2c(F)cc(Nc3nc(N[C@H](CC4CC4)[C@H](C)N)c(F)cc3C(N)=O)cc12. The van der Waals surface area contributed by atoms with Crippen LogP contribution in [0.2, 0.25) is 0 Å². The number of anilines is 3. The zero-order valence-electron chi connectivity index (χ0n) is 18.7. The quantitative estimate of drug-likeness (QED) is 0.387. The van der Waals surface area contributed by atoms with Crippen molar-refractivity contribution in [3.8, 4) is 5.88 Å². The molecule has 1 aliphatic rings. The minimum absolute atomic E-state index is 0.0112. The minimum atomic E-state index is -0.877. The van der Waals surface area contributed by atoms with Crippen molar-refractivity contribution >= 4 is 34.1 Å². The zero-order chi connectivity index (χ0) is 23.9. The highest BCUT2D eigenvalue weighted by atomic mass is 19.1. The average Bonchev–Trinajstić information content (AvgIpc) is 3.50. The Morgan fingerprint density at radius 3 is 2.61 bits per heavy atom. The smallest absolute Gasteiger partial charge is 0.252 e. The van der Waals surface area contributed by atoms with Gasteiger partial charge in [0, 0.05) is 24.8 Å². The summed E-state index contributed by atoms with van der Waals surface area (Å²) in [5.74, 6) is -1.45. The summed E-state index contributed by atoms with van der Waals surface area (Å²) < 4.78 is 36.2. The van der Waals surface area contributed by atoms with Crippen molar-refractivity contribution in [1.82, 2.24) is 14.8 Å². The number of nitrogens with one attached hydrogen (secondary N) is 2. The normalized spacial score (nSPS) is 15.3. The summed E-state index contributed by atoms with van der Waals surface area (Å²) in [5.41, 5.74) is 11.9. The summed E-state index contributed by atoms with van der Waals surface area (Å²) in [6, 6.07) is 3.40. The van der Waals surface area contributed by atoms with Crippen molar-refractivity contribution in [2.24, 2.45) is 24.4 Å². The molecular formula is C22H27F2N7O2. The number of aryl methyl sites for hydroxylation is 1. The number of carbonyl (C=O) groups is 1. The van der Waals surface area contributed by atoms with Crippen molar-refractivity contribution in [2.75, 3.05) is 17.7 Å². The van der Waals surface area contributed by atoms with Gasteiger partial charge in [0.25, 0.3) is 5.91 Å². The fraction of sp³-hybridized carbons (Fsp3) is 0.409. The van der Waals surface area contributed by atoms with E-state index in [1.165, 1.54) is 17.9 Å². The summed E-state index contributed by atoms with van der Waals surface area (Å²) in [5, 5.41) is 10.5. The Bertz CT molecular complexity index is 1210. The molecule has 4 rings (SSSR count). The monoisotopic (exact) mass is 459 g/mol. The number of rotatable bonds is 9. The maximum atomic E-state index is 14.8. The second-order valence-electron chi connectivity index (χ2n) is 8.48. The number of ether oxygens (including phenoxy) is 1. The highest BCUT2D eigenvalue weighted by Gasteiger charge is 2.28. The average molecular weight is 460 g/mol. The first-order chi connectivity index (χ1) is 15.7. The predicted octanol–water partition coefficient (Wildman–Crippen LogP) is 3.03. The molecule has 9 nitrogen and oxygen atoms in total. The summed E-state index contributed by atoms with van der Waals surface area (Å²) in [6.45, 7) is 1.84. The van der Waals surface area contributed by atoms with Gasteiger partial charge in [-0.25, -0.2) is 13.8 Å². The number of hydrogen-bond donors (Lipinski definition) is 4. The number of primary amides is 1. The lowest BCUT2D eigenvalue weighted by Gasteiger charge is -2.24. The molecule has 0 saturated heterocycles. The number of halogens is 2. The molecule has 1 saturated carbocycles. The summed E-state index contributed by atoms with van der Waals surface area (Å²) in [4.78, 5) is 16.2. The molecule has 11 heteroatoms. The maximum absolute atomic E-state index is 14.8. The molecule has 0 unspecified atom stereocenters. The van der Waals surface area contributed by atoms with Crippen molar-refractivity contribution in [1.29, 1.82) is 0 Å². The number of hydrogen-bond acceptors (Lipinski definition) is 7. The van der Waals surface area contributed by atoms with E-state index in [9.17, 15) is 13.6 Å². The number of aromatic nitrogens is 3. The summed E-state index contributed by atoms with van der Waals surface area (Å²) in [7, 11) is 3.03. The van der Waals surface area contributed by atoms with Crippen molar-refractivity contribution in [2.45, 2.75) is 38.3 Å². The Hall–Kier alpha value is -3.47. The molecular weight excluding hydrogens is 432 g/mol.